The van der Waals surface area contributed by atoms with Gasteiger partial charge in [-0.1, -0.05) is 13.8 Å². The molecule has 20 heavy (non-hydrogen) atoms. The molecule has 0 fully saturated rings. The van der Waals surface area contributed by atoms with E-state index in [-0.39, 0.29) is 11.9 Å². The molecule has 1 heterocycles. The third-order valence-electron chi connectivity index (χ3n) is 3.32. The second kappa shape index (κ2) is 5.99. The van der Waals surface area contributed by atoms with Gasteiger partial charge in [0.25, 0.3) is 5.91 Å². The molecule has 0 bridgehead atoms. The van der Waals surface area contributed by atoms with Gasteiger partial charge >= 0.3 is 0 Å². The maximum Gasteiger partial charge on any atom is 0.287 e. The van der Waals surface area contributed by atoms with Crippen LogP contribution in [0, 0.1) is 5.92 Å². The molecular formula is C16H22N2O2. The van der Waals surface area contributed by atoms with Crippen molar-refractivity contribution in [3.8, 4) is 0 Å². The van der Waals surface area contributed by atoms with Crippen molar-refractivity contribution in [1.82, 2.24) is 5.32 Å². The summed E-state index contributed by atoms with van der Waals surface area (Å²) in [7, 11) is 0. The van der Waals surface area contributed by atoms with Gasteiger partial charge in [0, 0.05) is 17.1 Å². The summed E-state index contributed by atoms with van der Waals surface area (Å²) in [5.74, 6) is 0.807. The molecule has 1 aromatic heterocycles. The predicted octanol–water partition coefficient (Wildman–Crippen LogP) is 3.57. The van der Waals surface area contributed by atoms with Crippen molar-refractivity contribution in [1.29, 1.82) is 0 Å². The Morgan fingerprint density at radius 2 is 2.00 bits per heavy atom. The molecule has 4 nitrogen and oxygen atoms in total. The van der Waals surface area contributed by atoms with E-state index in [1.165, 1.54) is 0 Å². The summed E-state index contributed by atoms with van der Waals surface area (Å²) in [4.78, 5) is 12.1. The lowest BCUT2D eigenvalue weighted by atomic mass is 10.0. The van der Waals surface area contributed by atoms with Gasteiger partial charge in [-0.15, -0.1) is 0 Å². The van der Waals surface area contributed by atoms with E-state index in [0.717, 1.165) is 18.2 Å². The first-order valence-corrected chi connectivity index (χ1v) is 7.05. The summed E-state index contributed by atoms with van der Waals surface area (Å²) < 4.78 is 5.54. The Morgan fingerprint density at radius 1 is 1.25 bits per heavy atom. The maximum atomic E-state index is 12.1. The number of carbonyl (C=O) groups excluding carboxylic acids is 1. The number of nitrogens with one attached hydrogen (secondary N) is 1. The number of anilines is 1. The Labute approximate surface area is 119 Å². The average molecular weight is 274 g/mol. The van der Waals surface area contributed by atoms with Crippen molar-refractivity contribution in [2.45, 2.75) is 39.7 Å². The van der Waals surface area contributed by atoms with Gasteiger partial charge in [-0.3, -0.25) is 4.79 Å². The molecule has 4 heteroatoms. The molecule has 1 aromatic carbocycles. The van der Waals surface area contributed by atoms with Gasteiger partial charge in [0.15, 0.2) is 5.76 Å². The normalized spacial score (nSPS) is 12.8. The van der Waals surface area contributed by atoms with E-state index in [1.807, 2.05) is 6.92 Å². The zero-order valence-corrected chi connectivity index (χ0v) is 12.3. The highest BCUT2D eigenvalue weighted by atomic mass is 16.3. The van der Waals surface area contributed by atoms with Gasteiger partial charge in [0.2, 0.25) is 0 Å². The smallest absolute Gasteiger partial charge is 0.287 e. The van der Waals surface area contributed by atoms with Gasteiger partial charge < -0.3 is 15.5 Å². The summed E-state index contributed by atoms with van der Waals surface area (Å²) in [5, 5.41) is 3.82. The molecule has 3 N–H and O–H groups in total. The van der Waals surface area contributed by atoms with Crippen molar-refractivity contribution >= 4 is 22.6 Å². The van der Waals surface area contributed by atoms with Gasteiger partial charge in [0.1, 0.15) is 5.58 Å². The minimum absolute atomic E-state index is 0.142. The summed E-state index contributed by atoms with van der Waals surface area (Å²) in [6, 6.07) is 7.22. The molecule has 2 rings (SSSR count). The molecule has 0 aliphatic carbocycles. The van der Waals surface area contributed by atoms with Crippen LogP contribution in [0.1, 0.15) is 44.2 Å². The van der Waals surface area contributed by atoms with Crippen molar-refractivity contribution in [2.24, 2.45) is 5.92 Å². The monoisotopic (exact) mass is 274 g/mol. The van der Waals surface area contributed by atoms with E-state index >= 15 is 0 Å². The zero-order chi connectivity index (χ0) is 14.7. The van der Waals surface area contributed by atoms with Crippen LogP contribution in [-0.2, 0) is 0 Å². The first kappa shape index (κ1) is 14.4. The van der Waals surface area contributed by atoms with Gasteiger partial charge in [-0.25, -0.2) is 0 Å². The van der Waals surface area contributed by atoms with Crippen LogP contribution in [-0.4, -0.2) is 11.9 Å². The largest absolute Gasteiger partial charge is 0.451 e. The Balaban J connectivity index is 2.03. The van der Waals surface area contributed by atoms with E-state index in [2.05, 4.69) is 19.2 Å². The minimum Gasteiger partial charge on any atom is -0.451 e. The van der Waals surface area contributed by atoms with Crippen LogP contribution in [0.3, 0.4) is 0 Å². The maximum absolute atomic E-state index is 12.1. The topological polar surface area (TPSA) is 68.3 Å². The average Bonchev–Trinajstić information content (AvgIpc) is 2.79. The molecule has 108 valence electrons. The number of amides is 1. The highest BCUT2D eigenvalue weighted by molar-refractivity contribution is 5.96. The molecule has 0 saturated carbocycles. The Bertz CT molecular complexity index is 602. The fourth-order valence-electron chi connectivity index (χ4n) is 2.12. The number of carbonyl (C=O) groups is 1. The molecule has 0 radical (unpaired) electrons. The fourth-order valence-corrected chi connectivity index (χ4v) is 2.12. The standard InChI is InChI=1S/C16H22N2O2/c1-10(2)4-5-11(3)18-16(19)15-9-12-8-13(17)6-7-14(12)20-15/h6-11H,4-5,17H2,1-3H3,(H,18,19). The van der Waals surface area contributed by atoms with Gasteiger partial charge in [0.05, 0.1) is 0 Å². The predicted molar refractivity (Wildman–Crippen MR) is 81.6 cm³/mol. The number of hydrogen-bond donors (Lipinski definition) is 2. The van der Waals surface area contributed by atoms with Gasteiger partial charge in [-0.05, 0) is 49.9 Å². The molecule has 1 unspecified atom stereocenters. The molecular weight excluding hydrogens is 252 g/mol. The molecule has 0 saturated heterocycles. The second-order valence-corrected chi connectivity index (χ2v) is 5.75. The first-order valence-electron chi connectivity index (χ1n) is 7.05. The van der Waals surface area contributed by atoms with Crippen molar-refractivity contribution < 1.29 is 9.21 Å². The highest BCUT2D eigenvalue weighted by Gasteiger charge is 2.15. The summed E-state index contributed by atoms with van der Waals surface area (Å²) in [5.41, 5.74) is 7.06. The van der Waals surface area contributed by atoms with E-state index in [1.54, 1.807) is 24.3 Å². The van der Waals surface area contributed by atoms with Crippen LogP contribution < -0.4 is 11.1 Å². The minimum atomic E-state index is -0.170. The third kappa shape index (κ3) is 3.53. The fraction of sp³-hybridized carbons (Fsp3) is 0.438. The van der Waals surface area contributed by atoms with Crippen molar-refractivity contribution in [3.63, 3.8) is 0 Å². The summed E-state index contributed by atoms with van der Waals surface area (Å²) >= 11 is 0. The number of nitrogens with two attached hydrogens (primary N) is 1. The number of rotatable bonds is 5. The van der Waals surface area contributed by atoms with E-state index in [0.29, 0.717) is 22.9 Å². The van der Waals surface area contributed by atoms with E-state index in [4.69, 9.17) is 10.2 Å². The van der Waals surface area contributed by atoms with Gasteiger partial charge in [-0.2, -0.15) is 0 Å². The van der Waals surface area contributed by atoms with Crippen LogP contribution >= 0.6 is 0 Å². The second-order valence-electron chi connectivity index (χ2n) is 5.75. The Kier molecular flexibility index (Phi) is 4.32. The molecule has 0 aliphatic rings. The third-order valence-corrected chi connectivity index (χ3v) is 3.32. The van der Waals surface area contributed by atoms with Crippen LogP contribution in [0.4, 0.5) is 5.69 Å². The summed E-state index contributed by atoms with van der Waals surface area (Å²) in [6.45, 7) is 6.37. The Morgan fingerprint density at radius 3 is 2.70 bits per heavy atom. The quantitative estimate of drug-likeness (QED) is 0.819. The number of fused-ring (bicyclic) bond motifs is 1. The SMILES string of the molecule is CC(C)CCC(C)NC(=O)c1cc2cc(N)ccc2o1. The molecule has 0 spiro atoms. The molecule has 2 aromatic rings. The zero-order valence-electron chi connectivity index (χ0n) is 12.3. The highest BCUT2D eigenvalue weighted by Crippen LogP contribution is 2.21. The molecule has 1 amide bonds. The van der Waals surface area contributed by atoms with E-state index in [9.17, 15) is 4.79 Å². The van der Waals surface area contributed by atoms with E-state index < -0.39 is 0 Å². The number of nitrogen functional groups attached to an aromatic ring is 1. The van der Waals surface area contributed by atoms with Crippen LogP contribution in [0.5, 0.6) is 0 Å². The first-order chi connectivity index (χ1) is 9.45. The van der Waals surface area contributed by atoms with Crippen molar-refractivity contribution in [3.05, 3.63) is 30.0 Å². The number of benzene rings is 1. The van der Waals surface area contributed by atoms with Crippen LogP contribution in [0.25, 0.3) is 11.0 Å². The molecule has 0 aliphatic heterocycles. The van der Waals surface area contributed by atoms with Crippen LogP contribution in [0.15, 0.2) is 28.7 Å². The lowest BCUT2D eigenvalue weighted by Crippen LogP contribution is -2.32. The summed E-state index contributed by atoms with van der Waals surface area (Å²) in [6.07, 6.45) is 2.06. The number of furan rings is 1. The lowest BCUT2D eigenvalue weighted by molar-refractivity contribution is 0.0911. The van der Waals surface area contributed by atoms with Crippen molar-refractivity contribution in [2.75, 3.05) is 5.73 Å². The molecule has 1 atom stereocenters. The number of hydrogen-bond acceptors (Lipinski definition) is 3. The lowest BCUT2D eigenvalue weighted by Gasteiger charge is -2.13. The van der Waals surface area contributed by atoms with Crippen LogP contribution in [0.2, 0.25) is 0 Å². The Hall–Kier alpha value is -1.97.